The average molecular weight is 306 g/mol. The topological polar surface area (TPSA) is 46.5 Å². The summed E-state index contributed by atoms with van der Waals surface area (Å²) in [4.78, 5) is 11.9. The molecular weight excluding hydrogens is 276 g/mol. The highest BCUT2D eigenvalue weighted by molar-refractivity contribution is 5.77. The van der Waals surface area contributed by atoms with Crippen molar-refractivity contribution in [3.8, 4) is 0 Å². The van der Waals surface area contributed by atoms with Crippen molar-refractivity contribution < 1.29 is 14.6 Å². The van der Waals surface area contributed by atoms with Gasteiger partial charge in [0.25, 0.3) is 0 Å². The van der Waals surface area contributed by atoms with Crippen LogP contribution in [-0.4, -0.2) is 22.8 Å². The van der Waals surface area contributed by atoms with Crippen LogP contribution in [0.4, 0.5) is 0 Å². The van der Waals surface area contributed by atoms with Crippen LogP contribution >= 0.6 is 0 Å². The van der Waals surface area contributed by atoms with Gasteiger partial charge in [0, 0.05) is 11.8 Å². The second-order valence-corrected chi connectivity index (χ2v) is 8.72. The molecule has 0 spiro atoms. The molecule has 0 aromatic heterocycles. The van der Waals surface area contributed by atoms with Crippen molar-refractivity contribution in [3.05, 3.63) is 0 Å². The zero-order valence-corrected chi connectivity index (χ0v) is 13.9. The lowest BCUT2D eigenvalue weighted by Gasteiger charge is -2.59. The molecule has 124 valence electrons. The van der Waals surface area contributed by atoms with Gasteiger partial charge in [-0.1, -0.05) is 38.5 Å². The van der Waals surface area contributed by atoms with Gasteiger partial charge in [0.1, 0.15) is 5.60 Å². The number of fused-ring (bicyclic) bond motifs is 2. The van der Waals surface area contributed by atoms with Crippen molar-refractivity contribution in [1.29, 1.82) is 0 Å². The molecule has 3 heteroatoms. The fourth-order valence-corrected chi connectivity index (χ4v) is 6.62. The van der Waals surface area contributed by atoms with Crippen LogP contribution < -0.4 is 0 Å². The number of aliphatic hydroxyl groups excluding tert-OH is 1. The molecule has 3 aliphatic carbocycles. The number of esters is 1. The van der Waals surface area contributed by atoms with Gasteiger partial charge in [-0.25, -0.2) is 4.79 Å². The van der Waals surface area contributed by atoms with E-state index < -0.39 is 11.7 Å². The van der Waals surface area contributed by atoms with Crippen LogP contribution in [0, 0.1) is 23.2 Å². The van der Waals surface area contributed by atoms with Crippen LogP contribution in [0.25, 0.3) is 0 Å². The smallest absolute Gasteiger partial charge is 0.335 e. The van der Waals surface area contributed by atoms with Crippen LogP contribution in [0.2, 0.25) is 0 Å². The first-order valence-electron chi connectivity index (χ1n) is 9.45. The number of carbonyl (C=O) groups excluding carboxylic acids is 1. The Kier molecular flexibility index (Phi) is 3.56. The third-order valence-electron chi connectivity index (χ3n) is 7.72. The SMILES string of the molecule is CC1(C23CCCCC2CC2CCCCC2C3)CC(O)C(=O)O1. The normalized spacial score (nSPS) is 51.8. The highest BCUT2D eigenvalue weighted by atomic mass is 16.6. The molecule has 0 amide bonds. The summed E-state index contributed by atoms with van der Waals surface area (Å²) in [6, 6.07) is 0. The summed E-state index contributed by atoms with van der Waals surface area (Å²) < 4.78 is 5.85. The molecule has 0 bridgehead atoms. The van der Waals surface area contributed by atoms with Gasteiger partial charge in [-0.3, -0.25) is 0 Å². The van der Waals surface area contributed by atoms with E-state index in [1.165, 1.54) is 64.2 Å². The fourth-order valence-electron chi connectivity index (χ4n) is 6.62. The molecule has 1 heterocycles. The number of hydrogen-bond donors (Lipinski definition) is 1. The first kappa shape index (κ1) is 15.0. The van der Waals surface area contributed by atoms with Gasteiger partial charge in [-0.15, -0.1) is 0 Å². The van der Waals surface area contributed by atoms with Crippen molar-refractivity contribution >= 4 is 5.97 Å². The Hall–Kier alpha value is -0.570. The lowest BCUT2D eigenvalue weighted by molar-refractivity contribution is -0.186. The second-order valence-electron chi connectivity index (χ2n) is 8.72. The van der Waals surface area contributed by atoms with Crippen LogP contribution in [0.5, 0.6) is 0 Å². The molecule has 0 aromatic rings. The van der Waals surface area contributed by atoms with E-state index in [1.54, 1.807) is 0 Å². The minimum absolute atomic E-state index is 0.136. The molecular formula is C19H30O3. The minimum atomic E-state index is -0.897. The maximum Gasteiger partial charge on any atom is 0.335 e. The van der Waals surface area contributed by atoms with E-state index in [0.29, 0.717) is 12.3 Å². The summed E-state index contributed by atoms with van der Waals surface area (Å²) in [5.41, 5.74) is -0.298. The Balaban J connectivity index is 1.67. The lowest BCUT2D eigenvalue weighted by atomic mass is 9.47. The number of rotatable bonds is 1. The van der Waals surface area contributed by atoms with Crippen LogP contribution in [0.1, 0.15) is 77.6 Å². The predicted octanol–water partition coefficient (Wildman–Crippen LogP) is 3.83. The summed E-state index contributed by atoms with van der Waals surface area (Å²) in [6.45, 7) is 2.13. The average Bonchev–Trinajstić information content (AvgIpc) is 2.79. The number of aliphatic hydroxyl groups is 1. The van der Waals surface area contributed by atoms with Gasteiger partial charge in [0.05, 0.1) is 0 Å². The van der Waals surface area contributed by atoms with Crippen LogP contribution in [0.3, 0.4) is 0 Å². The first-order valence-corrected chi connectivity index (χ1v) is 9.45. The Morgan fingerprint density at radius 2 is 1.77 bits per heavy atom. The molecule has 1 aliphatic heterocycles. The minimum Gasteiger partial charge on any atom is -0.457 e. The summed E-state index contributed by atoms with van der Waals surface area (Å²) in [5.74, 6) is 2.06. The van der Waals surface area contributed by atoms with Crippen molar-refractivity contribution in [3.63, 3.8) is 0 Å². The number of ether oxygens (including phenoxy) is 1. The highest BCUT2D eigenvalue weighted by Gasteiger charge is 2.62. The Bertz CT molecular complexity index is 462. The fraction of sp³-hybridized carbons (Fsp3) is 0.947. The number of cyclic esters (lactones) is 1. The standard InChI is InChI=1S/C19H30O3/c1-18(12-16(20)17(21)22-18)19-9-5-4-8-15(19)10-13-6-2-3-7-14(13)11-19/h13-16,20H,2-12H2,1H3. The van der Waals surface area contributed by atoms with E-state index in [1.807, 2.05) is 0 Å². The molecule has 4 aliphatic rings. The van der Waals surface area contributed by atoms with E-state index in [9.17, 15) is 9.90 Å². The molecule has 0 aromatic carbocycles. The summed E-state index contributed by atoms with van der Waals surface area (Å²) in [7, 11) is 0. The molecule has 0 radical (unpaired) electrons. The van der Waals surface area contributed by atoms with Gasteiger partial charge in [0.15, 0.2) is 6.10 Å². The van der Waals surface area contributed by atoms with Crippen molar-refractivity contribution in [2.24, 2.45) is 23.2 Å². The van der Waals surface area contributed by atoms with Gasteiger partial charge in [-0.2, -0.15) is 0 Å². The molecule has 4 rings (SSSR count). The molecule has 3 saturated carbocycles. The van der Waals surface area contributed by atoms with Crippen molar-refractivity contribution in [1.82, 2.24) is 0 Å². The first-order chi connectivity index (χ1) is 10.5. The van der Waals surface area contributed by atoms with E-state index in [2.05, 4.69) is 6.92 Å². The maximum atomic E-state index is 11.9. The lowest BCUT2D eigenvalue weighted by Crippen LogP contribution is -2.56. The maximum absolute atomic E-state index is 11.9. The van der Waals surface area contributed by atoms with Crippen LogP contribution in [-0.2, 0) is 9.53 Å². The largest absolute Gasteiger partial charge is 0.457 e. The third kappa shape index (κ3) is 2.07. The van der Waals surface area contributed by atoms with Crippen molar-refractivity contribution in [2.45, 2.75) is 89.3 Å². The van der Waals surface area contributed by atoms with Gasteiger partial charge in [-0.05, 0) is 50.4 Å². The predicted molar refractivity (Wildman–Crippen MR) is 84.2 cm³/mol. The van der Waals surface area contributed by atoms with Gasteiger partial charge < -0.3 is 9.84 Å². The second kappa shape index (κ2) is 5.22. The van der Waals surface area contributed by atoms with Crippen molar-refractivity contribution in [2.75, 3.05) is 0 Å². The number of carbonyl (C=O) groups is 1. The molecule has 4 fully saturated rings. The Morgan fingerprint density at radius 3 is 2.50 bits per heavy atom. The van der Waals surface area contributed by atoms with E-state index in [-0.39, 0.29) is 11.4 Å². The molecule has 22 heavy (non-hydrogen) atoms. The molecule has 3 nitrogen and oxygen atoms in total. The third-order valence-corrected chi connectivity index (χ3v) is 7.72. The van der Waals surface area contributed by atoms with Crippen LogP contribution in [0.15, 0.2) is 0 Å². The Labute approximate surface area is 133 Å². The summed E-state index contributed by atoms with van der Waals surface area (Å²) >= 11 is 0. The summed E-state index contributed by atoms with van der Waals surface area (Å²) in [5, 5.41) is 10.0. The molecule has 6 atom stereocenters. The zero-order chi connectivity index (χ0) is 15.4. The van der Waals surface area contributed by atoms with E-state index in [0.717, 1.165) is 11.8 Å². The summed E-state index contributed by atoms with van der Waals surface area (Å²) in [6.07, 6.45) is 12.8. The molecule has 1 N–H and O–H groups in total. The van der Waals surface area contributed by atoms with E-state index >= 15 is 0 Å². The molecule has 1 saturated heterocycles. The van der Waals surface area contributed by atoms with Gasteiger partial charge >= 0.3 is 5.97 Å². The monoisotopic (exact) mass is 306 g/mol. The quantitative estimate of drug-likeness (QED) is 0.749. The van der Waals surface area contributed by atoms with Gasteiger partial charge in [0.2, 0.25) is 0 Å². The zero-order valence-electron chi connectivity index (χ0n) is 13.9. The molecule has 6 unspecified atom stereocenters. The highest BCUT2D eigenvalue weighted by Crippen LogP contribution is 2.63. The van der Waals surface area contributed by atoms with E-state index in [4.69, 9.17) is 4.74 Å². The Morgan fingerprint density at radius 1 is 1.05 bits per heavy atom. The number of hydrogen-bond acceptors (Lipinski definition) is 3.